The summed E-state index contributed by atoms with van der Waals surface area (Å²) >= 11 is 0. The van der Waals surface area contributed by atoms with E-state index in [9.17, 15) is 34.1 Å². The Labute approximate surface area is 314 Å². The number of carboxylic acid groups (broad SMARTS) is 1. The molecular formula is C40H70NO10P. The van der Waals surface area contributed by atoms with Gasteiger partial charge in [-0.2, -0.15) is 0 Å². The Morgan fingerprint density at radius 2 is 1.06 bits per heavy atom. The third-order valence-corrected chi connectivity index (χ3v) is 9.07. The molecular weight excluding hydrogens is 685 g/mol. The van der Waals surface area contributed by atoms with Crippen LogP contribution in [0.3, 0.4) is 0 Å². The van der Waals surface area contributed by atoms with Crippen molar-refractivity contribution in [1.29, 1.82) is 0 Å². The predicted octanol–water partition coefficient (Wildman–Crippen LogP) is 9.44. The highest BCUT2D eigenvalue weighted by molar-refractivity contribution is 7.47. The number of phosphoric acid groups is 1. The fraction of sp³-hybridized carbons (Fsp3) is 0.725. The van der Waals surface area contributed by atoms with Crippen LogP contribution in [0.2, 0.25) is 0 Å². The van der Waals surface area contributed by atoms with Gasteiger partial charge in [0.1, 0.15) is 12.7 Å². The molecule has 0 heterocycles. The number of carbonyl (C=O) groups excluding carboxylic acids is 2. The van der Waals surface area contributed by atoms with Crippen molar-refractivity contribution in [3.63, 3.8) is 0 Å². The van der Waals surface area contributed by atoms with Crippen LogP contribution in [-0.4, -0.2) is 64.9 Å². The van der Waals surface area contributed by atoms with Crippen LogP contribution in [0.1, 0.15) is 155 Å². The maximum absolute atomic E-state index is 12.3. The molecule has 52 heavy (non-hydrogen) atoms. The molecule has 0 saturated heterocycles. The van der Waals surface area contributed by atoms with Gasteiger partial charge in [0, 0.05) is 12.8 Å². The number of ether oxygens (including phenoxy) is 1. The third-order valence-electron chi connectivity index (χ3n) is 8.12. The second-order valence-corrected chi connectivity index (χ2v) is 14.6. The molecule has 0 spiro atoms. The Kier molecular flexibility index (Phi) is 33.7. The zero-order chi connectivity index (χ0) is 38.5. The SMILES string of the molecule is CCCCC/C=C\C/C=C\C/C=C\C/C=C\CCCCCC(=O)NC(COP(=O)(O)OCC(O)COC(=O)CCCCCCCCCCC)C(=O)O. The predicted molar refractivity (Wildman–Crippen MR) is 208 cm³/mol. The molecule has 0 aromatic heterocycles. The van der Waals surface area contributed by atoms with Gasteiger partial charge < -0.3 is 25.2 Å². The summed E-state index contributed by atoms with van der Waals surface area (Å²) in [6, 6.07) is -1.56. The lowest BCUT2D eigenvalue weighted by atomic mass is 10.1. The molecule has 0 aliphatic carbocycles. The number of rotatable bonds is 36. The minimum atomic E-state index is -4.76. The summed E-state index contributed by atoms with van der Waals surface area (Å²) in [7, 11) is -4.76. The third kappa shape index (κ3) is 34.5. The van der Waals surface area contributed by atoms with Gasteiger partial charge in [-0.15, -0.1) is 0 Å². The largest absolute Gasteiger partial charge is 0.480 e. The number of hydrogen-bond donors (Lipinski definition) is 4. The second-order valence-electron chi connectivity index (χ2n) is 13.1. The molecule has 1 amide bonds. The Balaban J connectivity index is 4.03. The molecule has 0 rings (SSSR count). The summed E-state index contributed by atoms with van der Waals surface area (Å²) in [5.41, 5.74) is 0. The number of amides is 1. The number of carboxylic acids is 1. The van der Waals surface area contributed by atoms with Gasteiger partial charge >= 0.3 is 19.8 Å². The number of phosphoric ester groups is 1. The first kappa shape index (κ1) is 49.4. The highest BCUT2D eigenvalue weighted by Crippen LogP contribution is 2.43. The summed E-state index contributed by atoms with van der Waals surface area (Å²) in [5, 5.41) is 21.7. The van der Waals surface area contributed by atoms with E-state index in [0.29, 0.717) is 12.8 Å². The number of esters is 1. The van der Waals surface area contributed by atoms with Crippen molar-refractivity contribution in [3.8, 4) is 0 Å². The molecule has 0 aromatic carbocycles. The molecule has 0 saturated carbocycles. The number of allylic oxidation sites excluding steroid dienone is 8. The Morgan fingerprint density at radius 1 is 0.615 bits per heavy atom. The molecule has 12 heteroatoms. The molecule has 0 aliphatic heterocycles. The number of aliphatic carboxylic acids is 1. The quantitative estimate of drug-likeness (QED) is 0.0209. The van der Waals surface area contributed by atoms with Gasteiger partial charge in [-0.1, -0.05) is 133 Å². The fourth-order valence-electron chi connectivity index (χ4n) is 5.00. The van der Waals surface area contributed by atoms with Crippen molar-refractivity contribution < 1.29 is 47.8 Å². The molecule has 0 aromatic rings. The molecule has 3 unspecified atom stereocenters. The number of aliphatic hydroxyl groups excluding tert-OH is 1. The molecule has 4 N–H and O–H groups in total. The van der Waals surface area contributed by atoms with Crippen molar-refractivity contribution in [1.82, 2.24) is 5.32 Å². The Hall–Kier alpha value is -2.56. The second kappa shape index (κ2) is 35.5. The lowest BCUT2D eigenvalue weighted by Crippen LogP contribution is -2.43. The van der Waals surface area contributed by atoms with Crippen LogP contribution in [0.15, 0.2) is 48.6 Å². The summed E-state index contributed by atoms with van der Waals surface area (Å²) < 4.78 is 26.7. The lowest BCUT2D eigenvalue weighted by molar-refractivity contribution is -0.147. The average molecular weight is 756 g/mol. The van der Waals surface area contributed by atoms with Crippen LogP contribution in [0, 0.1) is 0 Å². The number of hydrogen-bond acceptors (Lipinski definition) is 8. The van der Waals surface area contributed by atoms with Crippen LogP contribution in [0.5, 0.6) is 0 Å². The molecule has 3 atom stereocenters. The van der Waals surface area contributed by atoms with Crippen LogP contribution in [0.25, 0.3) is 0 Å². The topological polar surface area (TPSA) is 169 Å². The molecule has 11 nitrogen and oxygen atoms in total. The minimum absolute atomic E-state index is 0.107. The van der Waals surface area contributed by atoms with Gasteiger partial charge in [-0.05, 0) is 57.8 Å². The van der Waals surface area contributed by atoms with Gasteiger partial charge in [0.25, 0.3) is 0 Å². The van der Waals surface area contributed by atoms with E-state index in [2.05, 4.69) is 67.8 Å². The van der Waals surface area contributed by atoms with Gasteiger partial charge in [-0.3, -0.25) is 18.6 Å². The average Bonchev–Trinajstić information content (AvgIpc) is 3.11. The maximum Gasteiger partial charge on any atom is 0.472 e. The highest BCUT2D eigenvalue weighted by Gasteiger charge is 2.28. The van der Waals surface area contributed by atoms with Crippen molar-refractivity contribution in [2.45, 2.75) is 167 Å². The lowest BCUT2D eigenvalue weighted by Gasteiger charge is -2.18. The fourth-order valence-corrected chi connectivity index (χ4v) is 5.77. The van der Waals surface area contributed by atoms with E-state index in [1.54, 1.807) is 0 Å². The summed E-state index contributed by atoms with van der Waals surface area (Å²) in [6.45, 7) is 2.49. The van der Waals surface area contributed by atoms with E-state index < -0.39 is 57.6 Å². The molecule has 0 radical (unpaired) electrons. The van der Waals surface area contributed by atoms with Gasteiger partial charge in [0.05, 0.1) is 13.2 Å². The monoisotopic (exact) mass is 755 g/mol. The number of nitrogens with one attached hydrogen (secondary N) is 1. The van der Waals surface area contributed by atoms with Gasteiger partial charge in [-0.25, -0.2) is 9.36 Å². The Bertz CT molecular complexity index is 1070. The normalized spacial score (nSPS) is 14.4. The Morgan fingerprint density at radius 3 is 1.62 bits per heavy atom. The summed E-state index contributed by atoms with van der Waals surface area (Å²) in [4.78, 5) is 45.7. The van der Waals surface area contributed by atoms with E-state index >= 15 is 0 Å². The molecule has 0 aliphatic rings. The number of carbonyl (C=O) groups is 3. The zero-order valence-corrected chi connectivity index (χ0v) is 33.0. The van der Waals surface area contributed by atoms with Crippen LogP contribution < -0.4 is 5.32 Å². The van der Waals surface area contributed by atoms with Crippen molar-refractivity contribution >= 4 is 25.7 Å². The summed E-state index contributed by atoms with van der Waals surface area (Å²) in [6.07, 6.45) is 37.2. The smallest absolute Gasteiger partial charge is 0.472 e. The molecule has 300 valence electrons. The minimum Gasteiger partial charge on any atom is -0.480 e. The maximum atomic E-state index is 12.3. The van der Waals surface area contributed by atoms with Crippen LogP contribution in [0.4, 0.5) is 0 Å². The van der Waals surface area contributed by atoms with E-state index in [0.717, 1.165) is 57.8 Å². The first-order valence-corrected chi connectivity index (χ1v) is 21.2. The van der Waals surface area contributed by atoms with Gasteiger partial charge in [0.15, 0.2) is 6.04 Å². The van der Waals surface area contributed by atoms with E-state index in [1.165, 1.54) is 57.8 Å². The van der Waals surface area contributed by atoms with E-state index in [-0.39, 0.29) is 12.8 Å². The first-order chi connectivity index (χ1) is 25.1. The molecule has 0 bridgehead atoms. The zero-order valence-electron chi connectivity index (χ0n) is 32.1. The number of unbranched alkanes of at least 4 members (excludes halogenated alkanes) is 14. The van der Waals surface area contributed by atoms with Crippen LogP contribution in [-0.2, 0) is 32.7 Å². The van der Waals surface area contributed by atoms with Gasteiger partial charge in [0.2, 0.25) is 5.91 Å². The highest BCUT2D eigenvalue weighted by atomic mass is 31.2. The molecule has 0 fully saturated rings. The van der Waals surface area contributed by atoms with E-state index in [4.69, 9.17) is 13.8 Å². The number of aliphatic hydroxyl groups is 1. The first-order valence-electron chi connectivity index (χ1n) is 19.7. The van der Waals surface area contributed by atoms with Crippen LogP contribution >= 0.6 is 7.82 Å². The van der Waals surface area contributed by atoms with Crippen molar-refractivity contribution in [3.05, 3.63) is 48.6 Å². The van der Waals surface area contributed by atoms with Crippen molar-refractivity contribution in [2.75, 3.05) is 19.8 Å². The van der Waals surface area contributed by atoms with Crippen molar-refractivity contribution in [2.24, 2.45) is 0 Å². The standard InChI is InChI=1S/C40H70NO10P/c1-3-5-7-9-11-13-14-15-16-17-18-19-20-21-22-24-25-27-29-31-38(43)41-37(40(45)46)35-51-52(47,48)50-34-36(42)33-49-39(44)32-30-28-26-23-12-10-8-6-4-2/h11,13,15-16,18-19,21-22,36-37,42H,3-10,12,14,17,20,23-35H2,1-2H3,(H,41,43)(H,45,46)(H,47,48)/b13-11-,16-15-,19-18-,22-21-. The summed E-state index contributed by atoms with van der Waals surface area (Å²) in [5.74, 6) is -2.42. The van der Waals surface area contributed by atoms with E-state index in [1.807, 2.05) is 0 Å².